The second kappa shape index (κ2) is 10.8. The molecule has 3 saturated heterocycles. The van der Waals surface area contributed by atoms with Crippen molar-refractivity contribution in [2.75, 3.05) is 63.9 Å². The van der Waals surface area contributed by atoms with Crippen molar-refractivity contribution < 1.29 is 4.74 Å². The van der Waals surface area contributed by atoms with Gasteiger partial charge in [-0.3, -0.25) is 0 Å². The number of ether oxygens (including phenoxy) is 1. The normalized spacial score (nSPS) is 24.3. The number of rotatable bonds is 4. The quantitative estimate of drug-likeness (QED) is 0.810. The number of morpholine rings is 1. The first kappa shape index (κ1) is 22.6. The molecule has 4 rings (SSSR count). The molecular weight excluding hydrogens is 385 g/mol. The van der Waals surface area contributed by atoms with Crippen molar-refractivity contribution in [3.05, 3.63) is 17.6 Å². The highest BCUT2D eigenvalue weighted by Crippen LogP contribution is 2.29. The molecule has 8 heteroatoms. The number of aromatic nitrogens is 2. The molecule has 3 aliphatic heterocycles. The van der Waals surface area contributed by atoms with E-state index in [1.807, 2.05) is 6.92 Å². The van der Waals surface area contributed by atoms with Gasteiger partial charge >= 0.3 is 0 Å². The summed E-state index contributed by atoms with van der Waals surface area (Å²) >= 11 is 0. The Morgan fingerprint density at radius 3 is 2.48 bits per heavy atom. The van der Waals surface area contributed by atoms with Crippen LogP contribution in [0.5, 0.6) is 0 Å². The molecule has 4 heterocycles. The molecule has 1 atom stereocenters. The molecule has 3 fully saturated rings. The minimum atomic E-state index is 0. The zero-order valence-electron chi connectivity index (χ0n) is 16.2. The Labute approximate surface area is 175 Å². The topological polar surface area (TPSA) is 53.5 Å². The molecule has 6 nitrogen and oxygen atoms in total. The third-order valence-corrected chi connectivity index (χ3v) is 5.86. The number of halogens is 2. The van der Waals surface area contributed by atoms with Crippen molar-refractivity contribution in [1.82, 2.24) is 20.2 Å². The van der Waals surface area contributed by atoms with Gasteiger partial charge in [-0.15, -0.1) is 24.8 Å². The molecule has 27 heavy (non-hydrogen) atoms. The smallest absolute Gasteiger partial charge is 0.132 e. The molecule has 0 aliphatic carbocycles. The molecule has 0 bridgehead atoms. The van der Waals surface area contributed by atoms with E-state index in [2.05, 4.69) is 26.2 Å². The minimum Gasteiger partial charge on any atom is -0.378 e. The number of aryl methyl sites for hydroxylation is 1. The maximum Gasteiger partial charge on any atom is 0.132 e. The van der Waals surface area contributed by atoms with Gasteiger partial charge in [0, 0.05) is 37.3 Å². The van der Waals surface area contributed by atoms with Crippen molar-refractivity contribution in [3.63, 3.8) is 0 Å². The highest BCUT2D eigenvalue weighted by Gasteiger charge is 2.26. The van der Waals surface area contributed by atoms with Gasteiger partial charge in [-0.1, -0.05) is 0 Å². The van der Waals surface area contributed by atoms with Gasteiger partial charge in [0.25, 0.3) is 0 Å². The fourth-order valence-corrected chi connectivity index (χ4v) is 4.38. The Kier molecular flexibility index (Phi) is 9.02. The Balaban J connectivity index is 0.00000131. The summed E-state index contributed by atoms with van der Waals surface area (Å²) in [4.78, 5) is 14.5. The van der Waals surface area contributed by atoms with Gasteiger partial charge in [-0.2, -0.15) is 0 Å². The van der Waals surface area contributed by atoms with Crippen molar-refractivity contribution in [2.24, 2.45) is 5.92 Å². The third kappa shape index (κ3) is 5.91. The maximum absolute atomic E-state index is 5.47. The third-order valence-electron chi connectivity index (χ3n) is 5.86. The lowest BCUT2D eigenvalue weighted by Gasteiger charge is -2.34. The number of nitrogens with zero attached hydrogens (tertiary/aromatic N) is 4. The molecular formula is C19H33Cl2N5O. The predicted octanol–water partition coefficient (Wildman–Crippen LogP) is 2.25. The standard InChI is InChI=1S/C19H31N5O.2ClH/c1-15-21-18(12-19(22-15)24-8-10-25-11-9-24)17-3-6-23(7-4-17)14-16-2-5-20-13-16;;/h12,16-17,20H,2-11,13-14H2,1H3;2*1H. The van der Waals surface area contributed by atoms with E-state index < -0.39 is 0 Å². The second-order valence-electron chi connectivity index (χ2n) is 7.73. The lowest BCUT2D eigenvalue weighted by atomic mass is 9.92. The minimum absolute atomic E-state index is 0. The molecule has 0 radical (unpaired) electrons. The average Bonchev–Trinajstić information content (AvgIpc) is 3.16. The van der Waals surface area contributed by atoms with Crippen LogP contribution >= 0.6 is 24.8 Å². The molecule has 154 valence electrons. The lowest BCUT2D eigenvalue weighted by Crippen LogP contribution is -2.38. The number of anilines is 1. The van der Waals surface area contributed by atoms with Gasteiger partial charge in [-0.25, -0.2) is 9.97 Å². The van der Waals surface area contributed by atoms with Crippen LogP contribution in [0.4, 0.5) is 5.82 Å². The Bertz CT molecular complexity index is 571. The molecule has 0 saturated carbocycles. The number of hydrogen-bond acceptors (Lipinski definition) is 6. The summed E-state index contributed by atoms with van der Waals surface area (Å²) in [6.07, 6.45) is 3.78. The van der Waals surface area contributed by atoms with Crippen LogP contribution in [0.15, 0.2) is 6.07 Å². The summed E-state index contributed by atoms with van der Waals surface area (Å²) in [5.41, 5.74) is 1.25. The average molecular weight is 418 g/mol. The molecule has 1 N–H and O–H groups in total. The summed E-state index contributed by atoms with van der Waals surface area (Å²) < 4.78 is 5.47. The summed E-state index contributed by atoms with van der Waals surface area (Å²) in [6.45, 7) is 11.6. The van der Waals surface area contributed by atoms with Crippen LogP contribution in [0.1, 0.15) is 36.7 Å². The van der Waals surface area contributed by atoms with Gasteiger partial charge in [0.1, 0.15) is 11.6 Å². The van der Waals surface area contributed by atoms with Gasteiger partial charge < -0.3 is 19.9 Å². The van der Waals surface area contributed by atoms with Crippen LogP contribution in [0.25, 0.3) is 0 Å². The van der Waals surface area contributed by atoms with E-state index in [9.17, 15) is 0 Å². The van der Waals surface area contributed by atoms with E-state index in [-0.39, 0.29) is 24.8 Å². The van der Waals surface area contributed by atoms with E-state index in [1.54, 1.807) is 0 Å². The number of hydrogen-bond donors (Lipinski definition) is 1. The largest absolute Gasteiger partial charge is 0.378 e. The first-order valence-corrected chi connectivity index (χ1v) is 9.89. The highest BCUT2D eigenvalue weighted by atomic mass is 35.5. The SMILES string of the molecule is Cc1nc(C2CCN(CC3CCNC3)CC2)cc(N2CCOCC2)n1.Cl.Cl. The Hall–Kier alpha value is -0.660. The van der Waals surface area contributed by atoms with E-state index >= 15 is 0 Å². The van der Waals surface area contributed by atoms with Crippen molar-refractivity contribution in [2.45, 2.75) is 32.1 Å². The van der Waals surface area contributed by atoms with Gasteiger partial charge in [0.05, 0.1) is 13.2 Å². The fourth-order valence-electron chi connectivity index (χ4n) is 4.38. The van der Waals surface area contributed by atoms with Crippen LogP contribution < -0.4 is 10.2 Å². The molecule has 1 aromatic rings. The zero-order chi connectivity index (χ0) is 17.1. The van der Waals surface area contributed by atoms with Crippen LogP contribution in [-0.2, 0) is 4.74 Å². The maximum atomic E-state index is 5.47. The number of nitrogens with one attached hydrogen (secondary N) is 1. The van der Waals surface area contributed by atoms with E-state index in [4.69, 9.17) is 9.72 Å². The molecule has 0 aromatic carbocycles. The first-order chi connectivity index (χ1) is 12.3. The Morgan fingerprint density at radius 1 is 1.07 bits per heavy atom. The summed E-state index contributed by atoms with van der Waals surface area (Å²) in [5, 5.41) is 3.48. The molecule has 1 unspecified atom stereocenters. The first-order valence-electron chi connectivity index (χ1n) is 9.89. The van der Waals surface area contributed by atoms with E-state index in [1.165, 1.54) is 57.7 Å². The van der Waals surface area contributed by atoms with Crippen molar-refractivity contribution in [3.8, 4) is 0 Å². The molecule has 0 spiro atoms. The van der Waals surface area contributed by atoms with Crippen LogP contribution in [-0.4, -0.2) is 73.9 Å². The molecule has 3 aliphatic rings. The van der Waals surface area contributed by atoms with Crippen LogP contribution in [0.3, 0.4) is 0 Å². The lowest BCUT2D eigenvalue weighted by molar-refractivity contribution is 0.122. The summed E-state index contributed by atoms with van der Waals surface area (Å²) in [7, 11) is 0. The number of likely N-dealkylation sites (tertiary alicyclic amines) is 1. The monoisotopic (exact) mass is 417 g/mol. The number of piperidine rings is 1. The van der Waals surface area contributed by atoms with E-state index in [0.29, 0.717) is 5.92 Å². The zero-order valence-corrected chi connectivity index (χ0v) is 17.9. The predicted molar refractivity (Wildman–Crippen MR) is 114 cm³/mol. The fraction of sp³-hybridized carbons (Fsp3) is 0.789. The van der Waals surface area contributed by atoms with Crippen LogP contribution in [0.2, 0.25) is 0 Å². The van der Waals surface area contributed by atoms with Gasteiger partial charge in [-0.05, 0) is 58.3 Å². The second-order valence-corrected chi connectivity index (χ2v) is 7.73. The van der Waals surface area contributed by atoms with Crippen molar-refractivity contribution >= 4 is 30.6 Å². The molecule has 0 amide bonds. The van der Waals surface area contributed by atoms with Gasteiger partial charge in [0.15, 0.2) is 0 Å². The highest BCUT2D eigenvalue weighted by molar-refractivity contribution is 5.85. The summed E-state index contributed by atoms with van der Waals surface area (Å²) in [5.74, 6) is 3.42. The Morgan fingerprint density at radius 2 is 1.81 bits per heavy atom. The van der Waals surface area contributed by atoms with E-state index in [0.717, 1.165) is 43.9 Å². The van der Waals surface area contributed by atoms with Crippen molar-refractivity contribution in [1.29, 1.82) is 0 Å². The summed E-state index contributed by atoms with van der Waals surface area (Å²) in [6, 6.07) is 2.24. The van der Waals surface area contributed by atoms with Gasteiger partial charge in [0.2, 0.25) is 0 Å². The molecule has 1 aromatic heterocycles. The van der Waals surface area contributed by atoms with Crippen LogP contribution in [0, 0.1) is 12.8 Å².